The van der Waals surface area contributed by atoms with E-state index < -0.39 is 11.9 Å². The molecule has 0 aromatic heterocycles. The molecule has 0 bridgehead atoms. The zero-order valence-corrected chi connectivity index (χ0v) is 19.7. The minimum absolute atomic E-state index is 0.276. The van der Waals surface area contributed by atoms with Gasteiger partial charge in [-0.15, -0.1) is 0 Å². The molecule has 180 valence electrons. The average molecular weight is 431 g/mol. The van der Waals surface area contributed by atoms with E-state index >= 15 is 0 Å². The first-order chi connectivity index (χ1) is 14.5. The molecular formula is C25H50O5. The van der Waals surface area contributed by atoms with Gasteiger partial charge in [0.1, 0.15) is 0 Å². The van der Waals surface area contributed by atoms with Crippen molar-refractivity contribution in [3.05, 3.63) is 0 Å². The van der Waals surface area contributed by atoms with Crippen molar-refractivity contribution in [1.29, 1.82) is 0 Å². The molecule has 0 saturated carbocycles. The molecule has 0 aliphatic carbocycles. The minimum Gasteiger partial charge on any atom is -0.481 e. The van der Waals surface area contributed by atoms with Crippen LogP contribution in [0.1, 0.15) is 142 Å². The summed E-state index contributed by atoms with van der Waals surface area (Å²) in [4.78, 5) is 20.4. The molecule has 0 aliphatic heterocycles. The van der Waals surface area contributed by atoms with Crippen LogP contribution in [0.15, 0.2) is 0 Å². The number of hydrogen-bond donors (Lipinski definition) is 3. The molecule has 3 N–H and O–H groups in total. The zero-order chi connectivity index (χ0) is 22.7. The monoisotopic (exact) mass is 430 g/mol. The van der Waals surface area contributed by atoms with Crippen LogP contribution in [0.5, 0.6) is 0 Å². The van der Waals surface area contributed by atoms with E-state index in [4.69, 9.17) is 15.3 Å². The Kier molecular flexibility index (Phi) is 28.9. The summed E-state index contributed by atoms with van der Waals surface area (Å²) in [5.74, 6) is -1.43. The minimum atomic E-state index is -0.714. The molecule has 0 radical (unpaired) electrons. The van der Waals surface area contributed by atoms with Gasteiger partial charge in [-0.25, -0.2) is 0 Å². The molecule has 0 unspecified atom stereocenters. The lowest BCUT2D eigenvalue weighted by Crippen LogP contribution is -1.94. The fourth-order valence-electron chi connectivity index (χ4n) is 3.39. The molecule has 0 fully saturated rings. The number of carbonyl (C=O) groups is 2. The second kappa shape index (κ2) is 27.9. The molecule has 0 atom stereocenters. The fraction of sp³-hybridized carbons (Fsp3) is 0.920. The van der Waals surface area contributed by atoms with E-state index in [0.717, 1.165) is 57.8 Å². The summed E-state index contributed by atoms with van der Waals surface area (Å²) in [6, 6.07) is 0. The van der Waals surface area contributed by atoms with Gasteiger partial charge in [0.2, 0.25) is 0 Å². The van der Waals surface area contributed by atoms with Crippen LogP contribution in [-0.2, 0) is 9.59 Å². The van der Waals surface area contributed by atoms with Crippen molar-refractivity contribution in [3.63, 3.8) is 0 Å². The quantitative estimate of drug-likeness (QED) is 0.156. The molecule has 0 heterocycles. The Bertz CT molecular complexity index is 323. The van der Waals surface area contributed by atoms with Crippen molar-refractivity contribution >= 4 is 11.9 Å². The van der Waals surface area contributed by atoms with E-state index in [9.17, 15) is 9.59 Å². The third-order valence-electron chi connectivity index (χ3n) is 5.29. The molecule has 0 aliphatic rings. The van der Waals surface area contributed by atoms with E-state index in [1.807, 2.05) is 0 Å². The highest BCUT2D eigenvalue weighted by Crippen LogP contribution is 2.11. The summed E-state index contributed by atoms with van der Waals surface area (Å²) in [6.07, 6.45) is 23.3. The maximum atomic E-state index is 10.2. The van der Waals surface area contributed by atoms with Crippen molar-refractivity contribution in [3.8, 4) is 0 Å². The molecule has 5 heteroatoms. The summed E-state index contributed by atoms with van der Waals surface area (Å²) in [5.41, 5.74) is 0. The highest BCUT2D eigenvalue weighted by molar-refractivity contribution is 5.66. The summed E-state index contributed by atoms with van der Waals surface area (Å²) in [7, 11) is 0. The van der Waals surface area contributed by atoms with Crippen molar-refractivity contribution in [2.24, 2.45) is 0 Å². The molecule has 0 rings (SSSR count). The number of hydrogen-bond acceptors (Lipinski definition) is 3. The lowest BCUT2D eigenvalue weighted by molar-refractivity contribution is -0.138. The molecule has 0 amide bonds. The van der Waals surface area contributed by atoms with E-state index in [0.29, 0.717) is 6.61 Å². The molecule has 30 heavy (non-hydrogen) atoms. The maximum Gasteiger partial charge on any atom is 0.303 e. The maximum absolute atomic E-state index is 10.2. The van der Waals surface area contributed by atoms with Gasteiger partial charge in [0.05, 0.1) is 0 Å². The first-order valence-corrected chi connectivity index (χ1v) is 12.6. The van der Waals surface area contributed by atoms with Crippen LogP contribution in [-0.4, -0.2) is 33.9 Å². The van der Waals surface area contributed by atoms with Gasteiger partial charge < -0.3 is 15.3 Å². The van der Waals surface area contributed by atoms with Crippen molar-refractivity contribution in [2.75, 3.05) is 6.61 Å². The number of aliphatic hydroxyl groups excluding tert-OH is 1. The topological polar surface area (TPSA) is 94.8 Å². The average Bonchev–Trinajstić information content (AvgIpc) is 2.71. The van der Waals surface area contributed by atoms with Crippen LogP contribution in [0.4, 0.5) is 0 Å². The first kappa shape index (κ1) is 31.1. The molecule has 0 saturated heterocycles. The number of aliphatic carboxylic acids is 2. The number of carboxylic acid groups (broad SMARTS) is 2. The molecule has 0 aromatic carbocycles. The van der Waals surface area contributed by atoms with Crippen LogP contribution in [0.2, 0.25) is 0 Å². The highest BCUT2D eigenvalue weighted by atomic mass is 16.4. The Balaban J connectivity index is 0. The summed E-state index contributed by atoms with van der Waals surface area (Å²) in [6.45, 7) is 2.64. The van der Waals surface area contributed by atoms with E-state index in [2.05, 4.69) is 6.92 Å². The van der Waals surface area contributed by atoms with Gasteiger partial charge in [0.25, 0.3) is 0 Å². The third kappa shape index (κ3) is 34.4. The fourth-order valence-corrected chi connectivity index (χ4v) is 3.39. The third-order valence-corrected chi connectivity index (χ3v) is 5.29. The van der Waals surface area contributed by atoms with Crippen LogP contribution in [0.3, 0.4) is 0 Å². The SMILES string of the molecule is CCCCCCCCCCCCCO.O=C(O)CCCCCCCCCCC(=O)O. The standard InChI is InChI=1S/C13H28O.C12H22O4/c1-2-3-4-5-6-7-8-9-10-11-12-13-14;13-11(14)9-7-5-3-1-2-4-6-8-10-12(15)16/h14H,2-13H2,1H3;1-10H2,(H,13,14)(H,15,16). The van der Waals surface area contributed by atoms with E-state index in [1.54, 1.807) is 0 Å². The lowest BCUT2D eigenvalue weighted by Gasteiger charge is -2.01. The number of carboxylic acids is 2. The van der Waals surface area contributed by atoms with Gasteiger partial charge >= 0.3 is 11.9 Å². The Morgan fingerprint density at radius 2 is 0.733 bits per heavy atom. The second-order valence-corrected chi connectivity index (χ2v) is 8.38. The summed E-state index contributed by atoms with van der Waals surface area (Å²) < 4.78 is 0. The smallest absolute Gasteiger partial charge is 0.303 e. The zero-order valence-electron chi connectivity index (χ0n) is 19.7. The van der Waals surface area contributed by atoms with Gasteiger partial charge in [-0.2, -0.15) is 0 Å². The van der Waals surface area contributed by atoms with Gasteiger partial charge in [-0.3, -0.25) is 9.59 Å². The largest absolute Gasteiger partial charge is 0.481 e. The Morgan fingerprint density at radius 1 is 0.467 bits per heavy atom. The summed E-state index contributed by atoms with van der Waals surface area (Å²) in [5, 5.41) is 25.4. The van der Waals surface area contributed by atoms with Crippen LogP contribution < -0.4 is 0 Å². The Hall–Kier alpha value is -1.10. The number of rotatable bonds is 22. The predicted octanol–water partition coefficient (Wildman–Crippen LogP) is 7.35. The molecular weight excluding hydrogens is 380 g/mol. The van der Waals surface area contributed by atoms with Crippen molar-refractivity contribution < 1.29 is 24.9 Å². The van der Waals surface area contributed by atoms with Crippen LogP contribution in [0.25, 0.3) is 0 Å². The summed E-state index contributed by atoms with van der Waals surface area (Å²) >= 11 is 0. The molecule has 5 nitrogen and oxygen atoms in total. The van der Waals surface area contributed by atoms with Crippen LogP contribution in [0, 0.1) is 0 Å². The first-order valence-electron chi connectivity index (χ1n) is 12.6. The van der Waals surface area contributed by atoms with Crippen molar-refractivity contribution in [1.82, 2.24) is 0 Å². The predicted molar refractivity (Wildman–Crippen MR) is 125 cm³/mol. The highest BCUT2D eigenvalue weighted by Gasteiger charge is 1.98. The van der Waals surface area contributed by atoms with E-state index in [1.165, 1.54) is 64.2 Å². The lowest BCUT2D eigenvalue weighted by atomic mass is 10.1. The Labute approximate surface area is 185 Å². The number of aliphatic hydroxyl groups is 1. The van der Waals surface area contributed by atoms with Gasteiger partial charge in [-0.1, -0.05) is 110 Å². The second-order valence-electron chi connectivity index (χ2n) is 8.38. The normalized spacial score (nSPS) is 10.5. The number of unbranched alkanes of at least 4 members (excludes halogenated alkanes) is 17. The Morgan fingerprint density at radius 3 is 1.00 bits per heavy atom. The van der Waals surface area contributed by atoms with Crippen LogP contribution >= 0.6 is 0 Å². The van der Waals surface area contributed by atoms with Gasteiger partial charge in [-0.05, 0) is 19.3 Å². The molecule has 0 spiro atoms. The van der Waals surface area contributed by atoms with E-state index in [-0.39, 0.29) is 12.8 Å². The molecule has 0 aromatic rings. The van der Waals surface area contributed by atoms with Crippen molar-refractivity contribution in [2.45, 2.75) is 142 Å². The van der Waals surface area contributed by atoms with Gasteiger partial charge in [0, 0.05) is 19.4 Å². The van der Waals surface area contributed by atoms with Gasteiger partial charge in [0.15, 0.2) is 0 Å².